The number of fused-ring (bicyclic) bond motifs is 1. The first-order valence-corrected chi connectivity index (χ1v) is 4.34. The van der Waals surface area contributed by atoms with Gasteiger partial charge in [-0.2, -0.15) is 0 Å². The molecule has 2 heteroatoms. The van der Waals surface area contributed by atoms with Crippen molar-refractivity contribution in [1.82, 2.24) is 0 Å². The lowest BCUT2D eigenvalue weighted by atomic mass is 9.98. The summed E-state index contributed by atoms with van der Waals surface area (Å²) < 4.78 is 0. The van der Waals surface area contributed by atoms with Gasteiger partial charge < -0.3 is 10.4 Å². The topological polar surface area (TPSA) is 32.3 Å². The average molecular weight is 163 g/mol. The van der Waals surface area contributed by atoms with Gasteiger partial charge in [-0.05, 0) is 37.0 Å². The van der Waals surface area contributed by atoms with Crippen molar-refractivity contribution >= 4 is 5.69 Å². The SMILES string of the molecule is Cc1ccc(O)c2c1CCCN2. The van der Waals surface area contributed by atoms with Crippen LogP contribution in [-0.2, 0) is 6.42 Å². The van der Waals surface area contributed by atoms with Crippen molar-refractivity contribution in [2.45, 2.75) is 19.8 Å². The number of aromatic hydroxyl groups is 1. The Bertz CT molecular complexity index is 276. The van der Waals surface area contributed by atoms with E-state index in [1.807, 2.05) is 6.07 Å². The van der Waals surface area contributed by atoms with Crippen LogP contribution in [-0.4, -0.2) is 11.7 Å². The molecule has 0 amide bonds. The molecule has 1 aromatic rings. The fraction of sp³-hybridized carbons (Fsp3) is 0.400. The summed E-state index contributed by atoms with van der Waals surface area (Å²) in [6, 6.07) is 3.73. The van der Waals surface area contributed by atoms with Gasteiger partial charge in [-0.3, -0.25) is 0 Å². The van der Waals surface area contributed by atoms with Crippen LogP contribution in [0.15, 0.2) is 12.1 Å². The molecule has 2 N–H and O–H groups in total. The summed E-state index contributed by atoms with van der Waals surface area (Å²) in [7, 11) is 0. The number of phenolic OH excluding ortho intramolecular Hbond substituents is 1. The van der Waals surface area contributed by atoms with Crippen LogP contribution in [0.1, 0.15) is 17.5 Å². The first-order valence-electron chi connectivity index (χ1n) is 4.34. The molecule has 0 aliphatic carbocycles. The van der Waals surface area contributed by atoms with Crippen molar-refractivity contribution in [3.05, 3.63) is 23.3 Å². The van der Waals surface area contributed by atoms with Gasteiger partial charge in [0.25, 0.3) is 0 Å². The number of hydrogen-bond acceptors (Lipinski definition) is 2. The molecular weight excluding hydrogens is 150 g/mol. The quantitative estimate of drug-likeness (QED) is 0.574. The Morgan fingerprint density at radius 3 is 3.00 bits per heavy atom. The Labute approximate surface area is 72.2 Å². The maximum Gasteiger partial charge on any atom is 0.138 e. The Morgan fingerprint density at radius 1 is 1.42 bits per heavy atom. The second-order valence-electron chi connectivity index (χ2n) is 3.29. The van der Waals surface area contributed by atoms with E-state index >= 15 is 0 Å². The summed E-state index contributed by atoms with van der Waals surface area (Å²) in [6.07, 6.45) is 2.25. The third-order valence-electron chi connectivity index (χ3n) is 2.43. The second-order valence-corrected chi connectivity index (χ2v) is 3.29. The van der Waals surface area contributed by atoms with Gasteiger partial charge in [0.1, 0.15) is 5.75 Å². The van der Waals surface area contributed by atoms with Crippen molar-refractivity contribution in [2.75, 3.05) is 11.9 Å². The summed E-state index contributed by atoms with van der Waals surface area (Å²) in [5, 5.41) is 12.7. The normalized spacial score (nSPS) is 15.1. The number of rotatable bonds is 0. The summed E-state index contributed by atoms with van der Waals surface area (Å²) in [5.74, 6) is 0.385. The van der Waals surface area contributed by atoms with E-state index in [1.165, 1.54) is 11.1 Å². The Balaban J connectivity index is 2.57. The summed E-state index contributed by atoms with van der Waals surface area (Å²) >= 11 is 0. The molecule has 2 nitrogen and oxygen atoms in total. The highest BCUT2D eigenvalue weighted by Crippen LogP contribution is 2.33. The molecule has 2 rings (SSSR count). The lowest BCUT2D eigenvalue weighted by Crippen LogP contribution is -2.12. The van der Waals surface area contributed by atoms with Crippen molar-refractivity contribution < 1.29 is 5.11 Å². The Kier molecular flexibility index (Phi) is 1.68. The first kappa shape index (κ1) is 7.47. The van der Waals surface area contributed by atoms with Gasteiger partial charge in [-0.25, -0.2) is 0 Å². The highest BCUT2D eigenvalue weighted by atomic mass is 16.3. The smallest absolute Gasteiger partial charge is 0.138 e. The number of anilines is 1. The number of benzene rings is 1. The molecule has 0 spiro atoms. The van der Waals surface area contributed by atoms with Crippen molar-refractivity contribution in [1.29, 1.82) is 0 Å². The summed E-state index contributed by atoms with van der Waals surface area (Å²) in [6.45, 7) is 3.06. The predicted molar refractivity (Wildman–Crippen MR) is 49.7 cm³/mol. The Morgan fingerprint density at radius 2 is 2.25 bits per heavy atom. The van der Waals surface area contributed by atoms with Crippen LogP contribution in [0.4, 0.5) is 5.69 Å². The van der Waals surface area contributed by atoms with Crippen LogP contribution >= 0.6 is 0 Å². The summed E-state index contributed by atoms with van der Waals surface area (Å²) in [4.78, 5) is 0. The second kappa shape index (κ2) is 2.70. The average Bonchev–Trinajstić information content (AvgIpc) is 2.12. The molecule has 0 unspecified atom stereocenters. The van der Waals surface area contributed by atoms with E-state index in [1.54, 1.807) is 6.07 Å². The minimum absolute atomic E-state index is 0.385. The van der Waals surface area contributed by atoms with Crippen LogP contribution < -0.4 is 5.32 Å². The molecule has 1 aliphatic heterocycles. The van der Waals surface area contributed by atoms with E-state index in [0.717, 1.165) is 25.1 Å². The maximum absolute atomic E-state index is 9.52. The molecule has 0 aromatic heterocycles. The minimum atomic E-state index is 0.385. The molecule has 1 aliphatic rings. The van der Waals surface area contributed by atoms with E-state index in [9.17, 15) is 5.11 Å². The van der Waals surface area contributed by atoms with Crippen molar-refractivity contribution in [3.63, 3.8) is 0 Å². The Hall–Kier alpha value is -1.18. The highest BCUT2D eigenvalue weighted by molar-refractivity contribution is 5.64. The van der Waals surface area contributed by atoms with Gasteiger partial charge in [0.15, 0.2) is 0 Å². The number of hydrogen-bond donors (Lipinski definition) is 2. The zero-order valence-electron chi connectivity index (χ0n) is 7.22. The van der Waals surface area contributed by atoms with Gasteiger partial charge in [-0.15, -0.1) is 0 Å². The predicted octanol–water partition coefficient (Wildman–Crippen LogP) is 2.06. The van der Waals surface area contributed by atoms with E-state index < -0.39 is 0 Å². The molecule has 1 aromatic carbocycles. The van der Waals surface area contributed by atoms with Gasteiger partial charge in [0.2, 0.25) is 0 Å². The van der Waals surface area contributed by atoms with Crippen LogP contribution in [0.25, 0.3) is 0 Å². The maximum atomic E-state index is 9.52. The molecule has 64 valence electrons. The van der Waals surface area contributed by atoms with Crippen LogP contribution in [0.3, 0.4) is 0 Å². The van der Waals surface area contributed by atoms with Gasteiger partial charge in [0, 0.05) is 6.54 Å². The lowest BCUT2D eigenvalue weighted by Gasteiger charge is -2.20. The molecule has 0 radical (unpaired) electrons. The fourth-order valence-corrected chi connectivity index (χ4v) is 1.74. The van der Waals surface area contributed by atoms with Gasteiger partial charge in [-0.1, -0.05) is 6.07 Å². The number of nitrogens with one attached hydrogen (secondary N) is 1. The van der Waals surface area contributed by atoms with Crippen LogP contribution in [0.2, 0.25) is 0 Å². The third-order valence-corrected chi connectivity index (χ3v) is 2.43. The van der Waals surface area contributed by atoms with Crippen molar-refractivity contribution in [2.24, 2.45) is 0 Å². The zero-order valence-corrected chi connectivity index (χ0v) is 7.22. The van der Waals surface area contributed by atoms with Crippen LogP contribution in [0, 0.1) is 6.92 Å². The standard InChI is InChI=1S/C10H13NO/c1-7-4-5-9(12)10-8(7)3-2-6-11-10/h4-5,11-12H,2-3,6H2,1H3. The zero-order chi connectivity index (χ0) is 8.55. The first-order chi connectivity index (χ1) is 5.79. The number of phenols is 1. The molecule has 0 saturated carbocycles. The van der Waals surface area contributed by atoms with Gasteiger partial charge in [0.05, 0.1) is 5.69 Å². The van der Waals surface area contributed by atoms with Gasteiger partial charge >= 0.3 is 0 Å². The lowest BCUT2D eigenvalue weighted by molar-refractivity contribution is 0.475. The molecule has 0 bridgehead atoms. The molecule has 0 saturated heterocycles. The highest BCUT2D eigenvalue weighted by Gasteiger charge is 2.13. The minimum Gasteiger partial charge on any atom is -0.506 e. The van der Waals surface area contributed by atoms with E-state index in [4.69, 9.17) is 0 Å². The van der Waals surface area contributed by atoms with E-state index in [2.05, 4.69) is 12.2 Å². The van der Waals surface area contributed by atoms with Crippen molar-refractivity contribution in [3.8, 4) is 5.75 Å². The molecular formula is C10H13NO. The molecule has 1 heterocycles. The third kappa shape index (κ3) is 1.04. The van der Waals surface area contributed by atoms with E-state index in [0.29, 0.717) is 5.75 Å². The molecule has 0 atom stereocenters. The fourth-order valence-electron chi connectivity index (χ4n) is 1.74. The summed E-state index contributed by atoms with van der Waals surface area (Å²) in [5.41, 5.74) is 3.50. The van der Waals surface area contributed by atoms with E-state index in [-0.39, 0.29) is 0 Å². The largest absolute Gasteiger partial charge is 0.506 e. The monoisotopic (exact) mass is 163 g/mol. The molecule has 0 fully saturated rings. The molecule has 12 heavy (non-hydrogen) atoms. The number of aryl methyl sites for hydroxylation is 1. The van der Waals surface area contributed by atoms with Crippen LogP contribution in [0.5, 0.6) is 5.75 Å².